The van der Waals surface area contributed by atoms with Gasteiger partial charge in [-0.2, -0.15) is 0 Å². The normalized spacial score (nSPS) is 10.4. The third-order valence-corrected chi connectivity index (χ3v) is 3.08. The molecule has 0 fully saturated rings. The van der Waals surface area contributed by atoms with E-state index in [2.05, 4.69) is 27.9 Å². The quantitative estimate of drug-likeness (QED) is 0.837. The number of rotatable bonds is 4. The van der Waals surface area contributed by atoms with Crippen molar-refractivity contribution in [2.45, 2.75) is 6.54 Å². The molecule has 2 rings (SSSR count). The third kappa shape index (κ3) is 3.43. The largest absolute Gasteiger partial charge is 0.457 e. The van der Waals surface area contributed by atoms with Crippen molar-refractivity contribution in [2.75, 3.05) is 7.05 Å². The van der Waals surface area contributed by atoms with Gasteiger partial charge in [-0.15, -0.1) is 0 Å². The molecular weight excluding hydrogens is 344 g/mol. The van der Waals surface area contributed by atoms with E-state index in [1.54, 1.807) is 6.07 Å². The zero-order valence-corrected chi connectivity index (χ0v) is 12.1. The van der Waals surface area contributed by atoms with Gasteiger partial charge in [0.05, 0.1) is 0 Å². The number of ether oxygens (including phenoxy) is 1. The summed E-state index contributed by atoms with van der Waals surface area (Å²) in [7, 11) is 1.82. The lowest BCUT2D eigenvalue weighted by Crippen LogP contribution is -2.06. The van der Waals surface area contributed by atoms with E-state index < -0.39 is 0 Å². The van der Waals surface area contributed by atoms with E-state index in [1.165, 1.54) is 12.1 Å². The first-order valence-electron chi connectivity index (χ1n) is 5.55. The Balaban J connectivity index is 2.28. The third-order valence-electron chi connectivity index (χ3n) is 2.41. The van der Waals surface area contributed by atoms with Crippen LogP contribution in [0.4, 0.5) is 4.39 Å². The first-order valence-corrected chi connectivity index (χ1v) is 6.63. The maximum absolute atomic E-state index is 13.2. The maximum Gasteiger partial charge on any atom is 0.132 e. The number of hydrogen-bond donors (Lipinski definition) is 1. The second-order valence-corrected chi connectivity index (χ2v) is 5.09. The van der Waals surface area contributed by atoms with Crippen LogP contribution in [-0.4, -0.2) is 7.05 Å². The summed E-state index contributed by atoms with van der Waals surface area (Å²) in [4.78, 5) is 0. The minimum absolute atomic E-state index is 0.254. The zero-order chi connectivity index (χ0) is 13.0. The van der Waals surface area contributed by atoms with Crippen LogP contribution in [0.15, 0.2) is 42.5 Å². The smallest absolute Gasteiger partial charge is 0.132 e. The highest BCUT2D eigenvalue weighted by atomic mass is 127. The van der Waals surface area contributed by atoms with Gasteiger partial charge in [0.25, 0.3) is 0 Å². The monoisotopic (exact) mass is 357 g/mol. The van der Waals surface area contributed by atoms with Gasteiger partial charge < -0.3 is 10.1 Å². The van der Waals surface area contributed by atoms with Gasteiger partial charge >= 0.3 is 0 Å². The Morgan fingerprint density at radius 1 is 1.22 bits per heavy atom. The average Bonchev–Trinajstić information content (AvgIpc) is 2.33. The van der Waals surface area contributed by atoms with Crippen LogP contribution in [0.3, 0.4) is 0 Å². The number of nitrogens with one attached hydrogen (secondary N) is 1. The van der Waals surface area contributed by atoms with Crippen LogP contribution in [0, 0.1) is 9.39 Å². The van der Waals surface area contributed by atoms with Crippen LogP contribution < -0.4 is 10.1 Å². The summed E-state index contributed by atoms with van der Waals surface area (Å²) >= 11 is 2.23. The Kier molecular flexibility index (Phi) is 4.54. The van der Waals surface area contributed by atoms with Crippen molar-refractivity contribution < 1.29 is 9.13 Å². The number of benzene rings is 2. The van der Waals surface area contributed by atoms with Crippen LogP contribution in [0.25, 0.3) is 0 Å². The molecule has 0 heterocycles. The minimum atomic E-state index is -0.254. The van der Waals surface area contributed by atoms with Crippen molar-refractivity contribution in [1.82, 2.24) is 5.32 Å². The fourth-order valence-corrected chi connectivity index (χ4v) is 2.15. The van der Waals surface area contributed by atoms with Crippen LogP contribution in [0.2, 0.25) is 0 Å². The summed E-state index contributed by atoms with van der Waals surface area (Å²) in [6.45, 7) is 0.566. The predicted molar refractivity (Wildman–Crippen MR) is 78.4 cm³/mol. The van der Waals surface area contributed by atoms with Gasteiger partial charge in [-0.3, -0.25) is 0 Å². The van der Waals surface area contributed by atoms with Gasteiger partial charge in [0.15, 0.2) is 0 Å². The molecule has 0 saturated heterocycles. The molecule has 0 aliphatic carbocycles. The molecule has 0 saturated carbocycles. The van der Waals surface area contributed by atoms with Crippen LogP contribution in [0.5, 0.6) is 11.5 Å². The van der Waals surface area contributed by atoms with Crippen molar-refractivity contribution in [1.29, 1.82) is 0 Å². The molecule has 2 nitrogen and oxygen atoms in total. The summed E-state index contributed by atoms with van der Waals surface area (Å²) in [5.41, 5.74) is 0.802. The highest BCUT2D eigenvalue weighted by molar-refractivity contribution is 14.1. The van der Waals surface area contributed by atoms with Gasteiger partial charge in [0.2, 0.25) is 0 Å². The molecule has 2 aromatic rings. The number of halogens is 2. The van der Waals surface area contributed by atoms with Gasteiger partial charge in [0.1, 0.15) is 17.3 Å². The molecule has 0 aliphatic heterocycles. The van der Waals surface area contributed by atoms with Gasteiger partial charge in [0, 0.05) is 15.7 Å². The molecule has 0 bridgehead atoms. The summed E-state index contributed by atoms with van der Waals surface area (Å²) in [5, 5.41) is 3.00. The van der Waals surface area contributed by atoms with Crippen molar-refractivity contribution in [3.8, 4) is 11.5 Å². The van der Waals surface area contributed by atoms with Crippen LogP contribution >= 0.6 is 22.6 Å². The van der Waals surface area contributed by atoms with E-state index in [9.17, 15) is 4.39 Å². The van der Waals surface area contributed by atoms with Crippen molar-refractivity contribution >= 4 is 22.6 Å². The predicted octanol–water partition coefficient (Wildman–Crippen LogP) is 3.94. The molecule has 4 heteroatoms. The lowest BCUT2D eigenvalue weighted by molar-refractivity contribution is 0.471. The van der Waals surface area contributed by atoms with E-state index in [4.69, 9.17) is 4.74 Å². The zero-order valence-electron chi connectivity index (χ0n) is 9.91. The van der Waals surface area contributed by atoms with E-state index in [0.717, 1.165) is 14.9 Å². The Morgan fingerprint density at radius 3 is 2.78 bits per heavy atom. The van der Waals surface area contributed by atoms with Crippen LogP contribution in [0.1, 0.15) is 5.56 Å². The summed E-state index contributed by atoms with van der Waals surface area (Å²) < 4.78 is 20.1. The van der Waals surface area contributed by atoms with Gasteiger partial charge in [-0.05, 0) is 66.0 Å². The molecule has 0 amide bonds. The van der Waals surface area contributed by atoms with E-state index >= 15 is 0 Å². The van der Waals surface area contributed by atoms with Gasteiger partial charge in [-0.1, -0.05) is 6.07 Å². The molecule has 94 valence electrons. The second-order valence-electron chi connectivity index (χ2n) is 3.84. The highest BCUT2D eigenvalue weighted by Gasteiger charge is 2.06. The fourth-order valence-electron chi connectivity index (χ4n) is 1.63. The molecule has 18 heavy (non-hydrogen) atoms. The fraction of sp³-hybridized carbons (Fsp3) is 0.143. The second kappa shape index (κ2) is 6.15. The summed E-state index contributed by atoms with van der Waals surface area (Å²) in [6, 6.07) is 12.3. The lowest BCUT2D eigenvalue weighted by atomic mass is 10.2. The molecule has 1 N–H and O–H groups in total. The highest BCUT2D eigenvalue weighted by Crippen LogP contribution is 2.27. The first-order chi connectivity index (χ1) is 8.69. The Labute approximate surface area is 119 Å². The van der Waals surface area contributed by atoms with Crippen molar-refractivity contribution in [3.05, 3.63) is 57.4 Å². The van der Waals surface area contributed by atoms with E-state index in [1.807, 2.05) is 31.3 Å². The molecule has 2 aromatic carbocycles. The SMILES string of the molecule is CNCc1cc(F)ccc1Oc1cccc(I)c1. The Hall–Kier alpha value is -1.14. The van der Waals surface area contributed by atoms with E-state index in [0.29, 0.717) is 12.3 Å². The molecule has 0 aliphatic rings. The molecular formula is C14H13FINO. The van der Waals surface area contributed by atoms with Crippen molar-refractivity contribution in [2.24, 2.45) is 0 Å². The Morgan fingerprint density at radius 2 is 2.06 bits per heavy atom. The van der Waals surface area contributed by atoms with E-state index in [-0.39, 0.29) is 5.82 Å². The molecule has 0 radical (unpaired) electrons. The van der Waals surface area contributed by atoms with Crippen LogP contribution in [-0.2, 0) is 6.54 Å². The number of hydrogen-bond acceptors (Lipinski definition) is 2. The van der Waals surface area contributed by atoms with Crippen molar-refractivity contribution in [3.63, 3.8) is 0 Å². The molecule has 0 spiro atoms. The standard InChI is InChI=1S/C14H13FINO/c1-17-9-10-7-11(15)5-6-14(10)18-13-4-2-3-12(16)8-13/h2-8,17H,9H2,1H3. The topological polar surface area (TPSA) is 21.3 Å². The summed E-state index contributed by atoms with van der Waals surface area (Å²) in [6.07, 6.45) is 0. The first kappa shape index (κ1) is 13.3. The Bertz CT molecular complexity index is 545. The maximum atomic E-state index is 13.2. The molecule has 0 unspecified atom stereocenters. The molecule has 0 aromatic heterocycles. The molecule has 0 atom stereocenters. The summed E-state index contributed by atoms with van der Waals surface area (Å²) in [5.74, 6) is 1.17. The van der Waals surface area contributed by atoms with Gasteiger partial charge in [-0.25, -0.2) is 4.39 Å². The lowest BCUT2D eigenvalue weighted by Gasteiger charge is -2.11. The minimum Gasteiger partial charge on any atom is -0.457 e. The average molecular weight is 357 g/mol.